The van der Waals surface area contributed by atoms with Gasteiger partial charge in [-0.25, -0.2) is 0 Å². The van der Waals surface area contributed by atoms with E-state index in [1.165, 1.54) is 18.3 Å². The molecule has 1 aromatic heterocycles. The molecule has 0 aromatic carbocycles. The molecule has 4 heteroatoms. The molecule has 0 aliphatic carbocycles. The van der Waals surface area contributed by atoms with E-state index in [0.29, 0.717) is 0 Å². The molecule has 0 radical (unpaired) electrons. The number of carbonyl (C=O) groups is 2. The molecule has 0 bridgehead atoms. The van der Waals surface area contributed by atoms with Crippen LogP contribution in [-0.4, -0.2) is 11.9 Å². The van der Waals surface area contributed by atoms with Gasteiger partial charge in [-0.1, -0.05) is 6.07 Å². The summed E-state index contributed by atoms with van der Waals surface area (Å²) in [6.07, 6.45) is 0.178. The van der Waals surface area contributed by atoms with Crippen molar-refractivity contribution >= 4 is 23.3 Å². The number of rotatable bonds is 2. The maximum atomic E-state index is 10.9. The van der Waals surface area contributed by atoms with Crippen LogP contribution in [0.1, 0.15) is 11.8 Å². The lowest BCUT2D eigenvalue weighted by Crippen LogP contribution is -2.10. The maximum Gasteiger partial charge on any atom is 0.318 e. The SMILES string of the molecule is CC(=O)OC(=O)Cc1cccs1. The van der Waals surface area contributed by atoms with Crippen LogP contribution in [0.5, 0.6) is 0 Å². The van der Waals surface area contributed by atoms with Crippen molar-refractivity contribution in [3.05, 3.63) is 22.4 Å². The van der Waals surface area contributed by atoms with Crippen molar-refractivity contribution in [2.45, 2.75) is 13.3 Å². The number of thiophene rings is 1. The van der Waals surface area contributed by atoms with Crippen LogP contribution in [-0.2, 0) is 20.7 Å². The molecule has 64 valence electrons. The van der Waals surface area contributed by atoms with Gasteiger partial charge in [-0.2, -0.15) is 0 Å². The Bertz CT molecular complexity index is 277. The molecule has 1 rings (SSSR count). The lowest BCUT2D eigenvalue weighted by molar-refractivity contribution is -0.157. The lowest BCUT2D eigenvalue weighted by Gasteiger charge is -1.96. The highest BCUT2D eigenvalue weighted by atomic mass is 32.1. The second-order valence-corrected chi connectivity index (χ2v) is 3.25. The molecule has 0 saturated heterocycles. The van der Waals surface area contributed by atoms with E-state index in [9.17, 15) is 9.59 Å². The van der Waals surface area contributed by atoms with E-state index in [-0.39, 0.29) is 6.42 Å². The Hall–Kier alpha value is -1.16. The molecule has 3 nitrogen and oxygen atoms in total. The van der Waals surface area contributed by atoms with E-state index in [0.717, 1.165) is 4.88 Å². The van der Waals surface area contributed by atoms with Gasteiger partial charge in [0.25, 0.3) is 0 Å². The van der Waals surface area contributed by atoms with E-state index in [1.807, 2.05) is 17.5 Å². The third-order valence-corrected chi connectivity index (χ3v) is 2.03. The third kappa shape index (κ3) is 2.84. The van der Waals surface area contributed by atoms with Gasteiger partial charge in [0.2, 0.25) is 0 Å². The number of hydrogen-bond acceptors (Lipinski definition) is 4. The number of hydrogen-bond donors (Lipinski definition) is 0. The molecule has 12 heavy (non-hydrogen) atoms. The predicted molar refractivity (Wildman–Crippen MR) is 44.8 cm³/mol. The Labute approximate surface area is 74.0 Å². The molecule has 0 atom stereocenters. The summed E-state index contributed by atoms with van der Waals surface area (Å²) in [7, 11) is 0. The molecule has 0 aliphatic rings. The summed E-state index contributed by atoms with van der Waals surface area (Å²) < 4.78 is 4.35. The van der Waals surface area contributed by atoms with Crippen LogP contribution < -0.4 is 0 Å². The van der Waals surface area contributed by atoms with Gasteiger partial charge < -0.3 is 4.74 Å². The first kappa shape index (κ1) is 8.93. The molecule has 0 N–H and O–H groups in total. The van der Waals surface area contributed by atoms with E-state index in [4.69, 9.17) is 0 Å². The summed E-state index contributed by atoms with van der Waals surface area (Å²) in [4.78, 5) is 22.1. The average molecular weight is 184 g/mol. The summed E-state index contributed by atoms with van der Waals surface area (Å²) in [5.74, 6) is -1.05. The van der Waals surface area contributed by atoms with Gasteiger partial charge in [-0.05, 0) is 11.4 Å². The first-order valence-electron chi connectivity index (χ1n) is 3.42. The molecule has 0 unspecified atom stereocenters. The maximum absolute atomic E-state index is 10.9. The van der Waals surface area contributed by atoms with Gasteiger partial charge in [0.15, 0.2) is 0 Å². The minimum atomic E-state index is -0.559. The van der Waals surface area contributed by atoms with Crippen molar-refractivity contribution in [2.75, 3.05) is 0 Å². The monoisotopic (exact) mass is 184 g/mol. The topological polar surface area (TPSA) is 43.4 Å². The fourth-order valence-corrected chi connectivity index (χ4v) is 1.44. The summed E-state index contributed by atoms with van der Waals surface area (Å²) in [6.45, 7) is 1.21. The first-order valence-corrected chi connectivity index (χ1v) is 4.30. The zero-order chi connectivity index (χ0) is 8.97. The highest BCUT2D eigenvalue weighted by Gasteiger charge is 2.07. The van der Waals surface area contributed by atoms with Crippen LogP contribution in [0.15, 0.2) is 17.5 Å². The zero-order valence-electron chi connectivity index (χ0n) is 6.57. The molecule has 0 spiro atoms. The van der Waals surface area contributed by atoms with Gasteiger partial charge in [0.05, 0.1) is 6.42 Å². The molecule has 1 aromatic rings. The standard InChI is InChI=1S/C8H8O3S/c1-6(9)11-8(10)5-7-3-2-4-12-7/h2-4H,5H2,1H3. The molecule has 0 fully saturated rings. The number of carbonyl (C=O) groups excluding carboxylic acids is 2. The van der Waals surface area contributed by atoms with Crippen LogP contribution in [0, 0.1) is 0 Å². The van der Waals surface area contributed by atoms with Gasteiger partial charge in [0, 0.05) is 11.8 Å². The van der Waals surface area contributed by atoms with Crippen molar-refractivity contribution in [2.24, 2.45) is 0 Å². The minimum Gasteiger partial charge on any atom is -0.393 e. The molecule has 0 amide bonds. The molecule has 1 heterocycles. The second-order valence-electron chi connectivity index (χ2n) is 2.22. The third-order valence-electron chi connectivity index (χ3n) is 1.16. The van der Waals surface area contributed by atoms with Crippen LogP contribution in [0.3, 0.4) is 0 Å². The highest BCUT2D eigenvalue weighted by molar-refractivity contribution is 7.10. The zero-order valence-corrected chi connectivity index (χ0v) is 7.39. The molecule has 0 saturated carbocycles. The van der Waals surface area contributed by atoms with E-state index in [2.05, 4.69) is 4.74 Å². The minimum absolute atomic E-state index is 0.178. The Morgan fingerprint density at radius 3 is 2.83 bits per heavy atom. The highest BCUT2D eigenvalue weighted by Crippen LogP contribution is 2.09. The number of ether oxygens (including phenoxy) is 1. The summed E-state index contributed by atoms with van der Waals surface area (Å²) >= 11 is 1.47. The van der Waals surface area contributed by atoms with Crippen molar-refractivity contribution in [1.29, 1.82) is 0 Å². The fourth-order valence-electron chi connectivity index (χ4n) is 0.752. The average Bonchev–Trinajstić information content (AvgIpc) is 2.37. The largest absolute Gasteiger partial charge is 0.393 e. The molecular weight excluding hydrogens is 176 g/mol. The van der Waals surface area contributed by atoms with Crippen LogP contribution >= 0.6 is 11.3 Å². The number of esters is 2. The summed E-state index contributed by atoms with van der Waals surface area (Å²) in [6, 6.07) is 3.67. The Morgan fingerprint density at radius 1 is 1.58 bits per heavy atom. The lowest BCUT2D eigenvalue weighted by atomic mass is 10.3. The van der Waals surface area contributed by atoms with Gasteiger partial charge >= 0.3 is 11.9 Å². The molecular formula is C8H8O3S. The first-order chi connectivity index (χ1) is 5.68. The van der Waals surface area contributed by atoms with Crippen molar-refractivity contribution in [3.8, 4) is 0 Å². The van der Waals surface area contributed by atoms with Crippen molar-refractivity contribution in [3.63, 3.8) is 0 Å². The van der Waals surface area contributed by atoms with Crippen LogP contribution in [0.25, 0.3) is 0 Å². The summed E-state index contributed by atoms with van der Waals surface area (Å²) in [5.41, 5.74) is 0. The second kappa shape index (κ2) is 4.01. The van der Waals surface area contributed by atoms with E-state index >= 15 is 0 Å². The fraction of sp³-hybridized carbons (Fsp3) is 0.250. The smallest absolute Gasteiger partial charge is 0.318 e. The van der Waals surface area contributed by atoms with Crippen LogP contribution in [0.2, 0.25) is 0 Å². The Morgan fingerprint density at radius 2 is 2.33 bits per heavy atom. The van der Waals surface area contributed by atoms with Crippen molar-refractivity contribution in [1.82, 2.24) is 0 Å². The molecule has 0 aliphatic heterocycles. The van der Waals surface area contributed by atoms with Gasteiger partial charge in [-0.15, -0.1) is 11.3 Å². The van der Waals surface area contributed by atoms with Gasteiger partial charge in [-0.3, -0.25) is 9.59 Å². The Balaban J connectivity index is 2.42. The predicted octanol–water partition coefficient (Wildman–Crippen LogP) is 1.38. The van der Waals surface area contributed by atoms with E-state index in [1.54, 1.807) is 0 Å². The normalized spacial score (nSPS) is 9.42. The van der Waals surface area contributed by atoms with Crippen molar-refractivity contribution < 1.29 is 14.3 Å². The van der Waals surface area contributed by atoms with E-state index < -0.39 is 11.9 Å². The Kier molecular flexibility index (Phi) is 2.99. The quantitative estimate of drug-likeness (QED) is 0.515. The summed E-state index contributed by atoms with van der Waals surface area (Å²) in [5, 5.41) is 1.87. The van der Waals surface area contributed by atoms with Crippen LogP contribution in [0.4, 0.5) is 0 Å². The van der Waals surface area contributed by atoms with Gasteiger partial charge in [0.1, 0.15) is 0 Å².